The number of methoxy groups -OCH3 is 1. The second kappa shape index (κ2) is 10.2. The van der Waals surface area contributed by atoms with Crippen molar-refractivity contribution in [3.8, 4) is 17.0 Å². The molecule has 0 saturated heterocycles. The summed E-state index contributed by atoms with van der Waals surface area (Å²) in [6, 6.07) is 11.8. The van der Waals surface area contributed by atoms with E-state index in [0.717, 1.165) is 52.2 Å². The van der Waals surface area contributed by atoms with Gasteiger partial charge in [0.1, 0.15) is 12.1 Å². The second-order valence-corrected chi connectivity index (χ2v) is 8.12. The summed E-state index contributed by atoms with van der Waals surface area (Å²) in [4.78, 5) is 30.2. The van der Waals surface area contributed by atoms with E-state index in [1.807, 2.05) is 43.5 Å². The lowest BCUT2D eigenvalue weighted by Gasteiger charge is -2.17. The number of amides is 1. The number of nitrogens with one attached hydrogen (secondary N) is 2. The summed E-state index contributed by atoms with van der Waals surface area (Å²) in [7, 11) is 3.15. The van der Waals surface area contributed by atoms with E-state index < -0.39 is 0 Å². The van der Waals surface area contributed by atoms with E-state index in [0.29, 0.717) is 11.3 Å². The number of rotatable bonds is 8. The van der Waals surface area contributed by atoms with Crippen LogP contribution in [0.3, 0.4) is 0 Å². The van der Waals surface area contributed by atoms with Crippen LogP contribution in [0.4, 0.5) is 5.82 Å². The molecule has 0 aliphatic carbocycles. The lowest BCUT2D eigenvalue weighted by atomic mass is 9.93. The molecular formula is C26H28N6O2. The first-order valence-corrected chi connectivity index (χ1v) is 11.2. The van der Waals surface area contributed by atoms with Crippen LogP contribution in [0.15, 0.2) is 55.1 Å². The number of hydrogen-bond donors (Lipinski definition) is 2. The Morgan fingerprint density at radius 1 is 1.09 bits per heavy atom. The van der Waals surface area contributed by atoms with Crippen molar-refractivity contribution in [2.45, 2.75) is 26.2 Å². The highest BCUT2D eigenvalue weighted by Crippen LogP contribution is 2.32. The highest BCUT2D eigenvalue weighted by molar-refractivity contribution is 6.09. The molecule has 0 aliphatic heterocycles. The number of carbonyl (C=O) groups excluding carboxylic acids is 1. The Morgan fingerprint density at radius 2 is 1.94 bits per heavy atom. The standard InChI is InChI=1S/C26H28N6O2/c1-16(10-11-28-23-12-21(31-15-32-23)18-9-8-17(2)29-13-18)19-6-5-7-20-24(26(33)27-3)22(34-4)14-30-25(19)20/h5-9,12-16H,10-11H2,1-4H3,(H,27,33)(H,28,31,32). The first-order valence-electron chi connectivity index (χ1n) is 11.2. The first-order chi connectivity index (χ1) is 16.5. The Balaban J connectivity index is 1.50. The highest BCUT2D eigenvalue weighted by Gasteiger charge is 2.19. The molecule has 0 radical (unpaired) electrons. The van der Waals surface area contributed by atoms with Crippen LogP contribution in [-0.4, -0.2) is 46.5 Å². The van der Waals surface area contributed by atoms with Gasteiger partial charge in [0.15, 0.2) is 5.75 Å². The smallest absolute Gasteiger partial charge is 0.255 e. The number of pyridine rings is 2. The van der Waals surface area contributed by atoms with E-state index in [2.05, 4.69) is 43.6 Å². The van der Waals surface area contributed by atoms with Gasteiger partial charge in [-0.15, -0.1) is 0 Å². The molecule has 8 nitrogen and oxygen atoms in total. The lowest BCUT2D eigenvalue weighted by Crippen LogP contribution is -2.19. The molecule has 8 heteroatoms. The number of ether oxygens (including phenoxy) is 1. The predicted molar refractivity (Wildman–Crippen MR) is 133 cm³/mol. The van der Waals surface area contributed by atoms with E-state index in [1.165, 1.54) is 0 Å². The molecule has 1 unspecified atom stereocenters. The van der Waals surface area contributed by atoms with Crippen molar-refractivity contribution in [2.75, 3.05) is 26.0 Å². The van der Waals surface area contributed by atoms with Gasteiger partial charge < -0.3 is 15.4 Å². The SMILES string of the molecule is CNC(=O)c1c(OC)cnc2c(C(C)CCNc3cc(-c4ccc(C)nc4)ncn3)cccc12. The zero-order chi connectivity index (χ0) is 24.1. The molecule has 3 heterocycles. The van der Waals surface area contributed by atoms with Crippen molar-refractivity contribution in [1.29, 1.82) is 0 Å². The third-order valence-electron chi connectivity index (χ3n) is 5.86. The number of nitrogens with zero attached hydrogens (tertiary/aromatic N) is 4. The molecule has 2 N–H and O–H groups in total. The van der Waals surface area contributed by atoms with Crippen LogP contribution in [0.25, 0.3) is 22.2 Å². The van der Waals surface area contributed by atoms with E-state index >= 15 is 0 Å². The number of carbonyl (C=O) groups is 1. The molecule has 4 aromatic rings. The Hall–Kier alpha value is -4.07. The number of hydrogen-bond acceptors (Lipinski definition) is 7. The molecule has 0 bridgehead atoms. The van der Waals surface area contributed by atoms with Crippen LogP contribution in [-0.2, 0) is 0 Å². The zero-order valence-corrected chi connectivity index (χ0v) is 19.8. The third kappa shape index (κ3) is 4.80. The van der Waals surface area contributed by atoms with E-state index in [9.17, 15) is 4.79 Å². The van der Waals surface area contributed by atoms with Crippen molar-refractivity contribution in [3.63, 3.8) is 0 Å². The molecule has 0 fully saturated rings. The van der Waals surface area contributed by atoms with Crippen LogP contribution in [0, 0.1) is 6.92 Å². The zero-order valence-electron chi connectivity index (χ0n) is 19.8. The molecule has 1 aromatic carbocycles. The van der Waals surface area contributed by atoms with Gasteiger partial charge in [-0.3, -0.25) is 14.8 Å². The van der Waals surface area contributed by atoms with Crippen molar-refractivity contribution < 1.29 is 9.53 Å². The fraction of sp³-hybridized carbons (Fsp3) is 0.269. The van der Waals surface area contributed by atoms with Crippen molar-refractivity contribution in [3.05, 3.63) is 71.9 Å². The normalized spacial score (nSPS) is 11.8. The van der Waals surface area contributed by atoms with Gasteiger partial charge in [-0.25, -0.2) is 9.97 Å². The summed E-state index contributed by atoms with van der Waals surface area (Å²) >= 11 is 0. The summed E-state index contributed by atoms with van der Waals surface area (Å²) in [5.41, 5.74) is 5.14. The average Bonchev–Trinajstić information content (AvgIpc) is 2.87. The summed E-state index contributed by atoms with van der Waals surface area (Å²) in [6.45, 7) is 4.84. The summed E-state index contributed by atoms with van der Waals surface area (Å²) < 4.78 is 5.39. The van der Waals surface area contributed by atoms with Gasteiger partial charge in [-0.05, 0) is 37.0 Å². The number of para-hydroxylation sites is 1. The predicted octanol–water partition coefficient (Wildman–Crippen LogP) is 4.37. The topological polar surface area (TPSA) is 102 Å². The fourth-order valence-corrected chi connectivity index (χ4v) is 3.94. The maximum Gasteiger partial charge on any atom is 0.255 e. The van der Waals surface area contributed by atoms with Crippen LogP contribution in [0.2, 0.25) is 0 Å². The average molecular weight is 457 g/mol. The fourth-order valence-electron chi connectivity index (χ4n) is 3.94. The third-order valence-corrected chi connectivity index (χ3v) is 5.86. The van der Waals surface area contributed by atoms with Gasteiger partial charge in [0, 0.05) is 42.5 Å². The van der Waals surface area contributed by atoms with Crippen LogP contribution >= 0.6 is 0 Å². The van der Waals surface area contributed by atoms with E-state index in [1.54, 1.807) is 26.7 Å². The molecule has 0 saturated carbocycles. The highest BCUT2D eigenvalue weighted by atomic mass is 16.5. The first kappa shape index (κ1) is 23.1. The van der Waals surface area contributed by atoms with Crippen LogP contribution in [0.5, 0.6) is 5.75 Å². The van der Waals surface area contributed by atoms with Gasteiger partial charge in [-0.1, -0.05) is 25.1 Å². The summed E-state index contributed by atoms with van der Waals surface area (Å²) in [6.07, 6.45) is 5.85. The second-order valence-electron chi connectivity index (χ2n) is 8.12. The Kier molecular flexibility index (Phi) is 6.96. The van der Waals surface area contributed by atoms with Gasteiger partial charge in [0.25, 0.3) is 5.91 Å². The molecule has 1 amide bonds. The van der Waals surface area contributed by atoms with Gasteiger partial charge in [-0.2, -0.15) is 0 Å². The summed E-state index contributed by atoms with van der Waals surface area (Å²) in [5.74, 6) is 1.23. The molecule has 34 heavy (non-hydrogen) atoms. The maximum absolute atomic E-state index is 12.5. The van der Waals surface area contributed by atoms with Crippen molar-refractivity contribution in [2.24, 2.45) is 0 Å². The van der Waals surface area contributed by atoms with E-state index in [-0.39, 0.29) is 11.8 Å². The number of anilines is 1. The minimum atomic E-state index is -0.195. The molecule has 0 aliphatic rings. The quantitative estimate of drug-likeness (QED) is 0.406. The minimum absolute atomic E-state index is 0.195. The minimum Gasteiger partial charge on any atom is -0.494 e. The Bertz CT molecular complexity index is 1310. The van der Waals surface area contributed by atoms with Gasteiger partial charge >= 0.3 is 0 Å². The summed E-state index contributed by atoms with van der Waals surface area (Å²) in [5, 5.41) is 6.87. The monoisotopic (exact) mass is 456 g/mol. The Morgan fingerprint density at radius 3 is 2.68 bits per heavy atom. The van der Waals surface area contributed by atoms with Crippen LogP contribution < -0.4 is 15.4 Å². The number of benzene rings is 1. The number of fused-ring (bicyclic) bond motifs is 1. The molecule has 174 valence electrons. The Labute approximate surface area is 198 Å². The number of aromatic nitrogens is 4. The molecule has 0 spiro atoms. The van der Waals surface area contributed by atoms with Crippen molar-refractivity contribution >= 4 is 22.6 Å². The molecule has 1 atom stereocenters. The van der Waals surface area contributed by atoms with Crippen LogP contribution in [0.1, 0.15) is 40.9 Å². The van der Waals surface area contributed by atoms with E-state index in [4.69, 9.17) is 4.74 Å². The molecule has 4 rings (SSSR count). The van der Waals surface area contributed by atoms with Crippen molar-refractivity contribution in [1.82, 2.24) is 25.3 Å². The molecule has 3 aromatic heterocycles. The molecular weight excluding hydrogens is 428 g/mol. The lowest BCUT2D eigenvalue weighted by molar-refractivity contribution is 0.0961. The van der Waals surface area contributed by atoms with Gasteiger partial charge in [0.05, 0.1) is 30.1 Å². The maximum atomic E-state index is 12.5. The van der Waals surface area contributed by atoms with Gasteiger partial charge in [0.2, 0.25) is 0 Å². The number of aryl methyl sites for hydroxylation is 1. The largest absolute Gasteiger partial charge is 0.494 e.